The molecule has 0 amide bonds. The number of rotatable bonds is 5. The molecule has 0 radical (unpaired) electrons. The van der Waals surface area contributed by atoms with E-state index in [4.69, 9.17) is 0 Å². The first-order chi connectivity index (χ1) is 9.54. The van der Waals surface area contributed by atoms with Crippen LogP contribution >= 0.6 is 0 Å². The number of benzene rings is 1. The van der Waals surface area contributed by atoms with E-state index in [1.165, 1.54) is 23.0 Å². The molecule has 0 fully saturated rings. The average molecular weight is 284 g/mol. The first-order valence-electron chi connectivity index (χ1n) is 6.25. The zero-order chi connectivity index (χ0) is 14.6. The normalized spacial score (nSPS) is 11.8. The zero-order valence-electron chi connectivity index (χ0n) is 11.0. The Balaban J connectivity index is 2.35. The lowest BCUT2D eigenvalue weighted by Crippen LogP contribution is -2.14. The van der Waals surface area contributed by atoms with Crippen LogP contribution in [0.15, 0.2) is 30.5 Å². The maximum Gasteiger partial charge on any atom is 0.418 e. The van der Waals surface area contributed by atoms with Gasteiger partial charge in [0.25, 0.3) is 0 Å². The van der Waals surface area contributed by atoms with E-state index in [9.17, 15) is 13.2 Å². The van der Waals surface area contributed by atoms with Crippen molar-refractivity contribution in [1.82, 2.24) is 20.3 Å². The number of alkyl halides is 3. The highest BCUT2D eigenvalue weighted by Crippen LogP contribution is 2.33. The second-order valence-corrected chi connectivity index (χ2v) is 4.36. The zero-order valence-corrected chi connectivity index (χ0v) is 11.0. The number of hydrogen-bond donors (Lipinski definition) is 1. The summed E-state index contributed by atoms with van der Waals surface area (Å²) in [7, 11) is 1.83. The number of nitrogens with one attached hydrogen (secondary N) is 1. The van der Waals surface area contributed by atoms with Gasteiger partial charge in [0.15, 0.2) is 0 Å². The lowest BCUT2D eigenvalue weighted by atomic mass is 10.1. The second-order valence-electron chi connectivity index (χ2n) is 4.36. The molecule has 2 rings (SSSR count). The lowest BCUT2D eigenvalue weighted by Gasteiger charge is -2.13. The highest BCUT2D eigenvalue weighted by atomic mass is 19.4. The Kier molecular flexibility index (Phi) is 4.39. The molecule has 108 valence electrons. The number of aromatic nitrogens is 3. The van der Waals surface area contributed by atoms with E-state index in [1.54, 1.807) is 6.07 Å². The van der Waals surface area contributed by atoms with Crippen molar-refractivity contribution < 1.29 is 13.2 Å². The van der Waals surface area contributed by atoms with Crippen molar-refractivity contribution in [2.75, 3.05) is 13.6 Å². The number of hydrogen-bond acceptors (Lipinski definition) is 3. The van der Waals surface area contributed by atoms with Gasteiger partial charge in [-0.05, 0) is 38.6 Å². The molecule has 20 heavy (non-hydrogen) atoms. The molecule has 0 aliphatic heterocycles. The summed E-state index contributed by atoms with van der Waals surface area (Å²) in [6.45, 7) is 0.784. The number of para-hydroxylation sites is 1. The minimum Gasteiger partial charge on any atom is -0.320 e. The summed E-state index contributed by atoms with van der Waals surface area (Å²) in [5, 5.41) is 10.5. The van der Waals surface area contributed by atoms with E-state index in [-0.39, 0.29) is 5.69 Å². The molecule has 0 aliphatic carbocycles. The van der Waals surface area contributed by atoms with Crippen molar-refractivity contribution >= 4 is 0 Å². The van der Waals surface area contributed by atoms with Crippen LogP contribution in [0.4, 0.5) is 13.2 Å². The third-order valence-electron chi connectivity index (χ3n) is 2.92. The molecule has 1 heterocycles. The predicted octanol–water partition coefficient (Wildman–Crippen LogP) is 2.44. The largest absolute Gasteiger partial charge is 0.418 e. The molecule has 1 aromatic carbocycles. The van der Waals surface area contributed by atoms with Crippen molar-refractivity contribution in [1.29, 1.82) is 0 Å². The molecule has 0 atom stereocenters. The maximum absolute atomic E-state index is 13.0. The van der Waals surface area contributed by atoms with E-state index < -0.39 is 11.7 Å². The molecule has 0 saturated heterocycles. The summed E-state index contributed by atoms with van der Waals surface area (Å²) in [5.41, 5.74) is -0.0331. The summed E-state index contributed by atoms with van der Waals surface area (Å²) in [6, 6.07) is 5.38. The minimum atomic E-state index is -4.41. The van der Waals surface area contributed by atoms with Gasteiger partial charge in [-0.25, -0.2) is 4.68 Å². The molecule has 0 bridgehead atoms. The quantitative estimate of drug-likeness (QED) is 0.858. The van der Waals surface area contributed by atoms with Gasteiger partial charge in [0, 0.05) is 0 Å². The van der Waals surface area contributed by atoms with Crippen molar-refractivity contribution in [2.24, 2.45) is 0 Å². The molecule has 0 unspecified atom stereocenters. The van der Waals surface area contributed by atoms with Gasteiger partial charge in [-0.3, -0.25) is 0 Å². The van der Waals surface area contributed by atoms with Gasteiger partial charge in [0.2, 0.25) is 0 Å². The molecule has 0 saturated carbocycles. The molecule has 1 N–H and O–H groups in total. The van der Waals surface area contributed by atoms with Crippen LogP contribution in [0, 0.1) is 0 Å². The molecule has 0 spiro atoms. The fourth-order valence-corrected chi connectivity index (χ4v) is 1.97. The summed E-state index contributed by atoms with van der Waals surface area (Å²) < 4.78 is 40.3. The summed E-state index contributed by atoms with van der Waals surface area (Å²) in [6.07, 6.45) is -1.49. The number of halogens is 3. The molecular formula is C13H15F3N4. The van der Waals surface area contributed by atoms with Crippen LogP contribution in [0.3, 0.4) is 0 Å². The Morgan fingerprint density at radius 2 is 2.00 bits per heavy atom. The van der Waals surface area contributed by atoms with Crippen LogP contribution in [0.25, 0.3) is 5.69 Å². The highest BCUT2D eigenvalue weighted by Gasteiger charge is 2.34. The van der Waals surface area contributed by atoms with E-state index in [0.29, 0.717) is 12.1 Å². The maximum atomic E-state index is 13.0. The van der Waals surface area contributed by atoms with Gasteiger partial charge >= 0.3 is 6.18 Å². The smallest absolute Gasteiger partial charge is 0.320 e. The summed E-state index contributed by atoms with van der Waals surface area (Å²) in [5.74, 6) is 0. The van der Waals surface area contributed by atoms with Gasteiger partial charge in [-0.1, -0.05) is 17.3 Å². The Bertz CT molecular complexity index is 563. The number of aryl methyl sites for hydroxylation is 1. The Labute approximate surface area is 114 Å². The van der Waals surface area contributed by atoms with Crippen molar-refractivity contribution in [3.05, 3.63) is 41.7 Å². The summed E-state index contributed by atoms with van der Waals surface area (Å²) >= 11 is 0. The fourth-order valence-electron chi connectivity index (χ4n) is 1.97. The van der Waals surface area contributed by atoms with Crippen LogP contribution in [0.5, 0.6) is 0 Å². The SMILES string of the molecule is CNCCCc1cnnn1-c1ccccc1C(F)(F)F. The molecule has 2 aromatic rings. The molecule has 7 heteroatoms. The number of nitrogens with zero attached hydrogens (tertiary/aromatic N) is 3. The van der Waals surface area contributed by atoms with Crippen LogP contribution < -0.4 is 5.32 Å². The first-order valence-corrected chi connectivity index (χ1v) is 6.25. The first kappa shape index (κ1) is 14.5. The molecule has 1 aromatic heterocycles. The van der Waals surface area contributed by atoms with Crippen LogP contribution in [-0.2, 0) is 12.6 Å². The van der Waals surface area contributed by atoms with Crippen LogP contribution in [0.1, 0.15) is 17.7 Å². The topological polar surface area (TPSA) is 42.7 Å². The van der Waals surface area contributed by atoms with Crippen LogP contribution in [0.2, 0.25) is 0 Å². The van der Waals surface area contributed by atoms with Crippen molar-refractivity contribution in [2.45, 2.75) is 19.0 Å². The predicted molar refractivity (Wildman–Crippen MR) is 68.6 cm³/mol. The van der Waals surface area contributed by atoms with Crippen molar-refractivity contribution in [3.8, 4) is 5.69 Å². The van der Waals surface area contributed by atoms with E-state index in [2.05, 4.69) is 15.6 Å². The van der Waals surface area contributed by atoms with Crippen LogP contribution in [-0.4, -0.2) is 28.6 Å². The monoisotopic (exact) mass is 284 g/mol. The second kappa shape index (κ2) is 6.04. The summed E-state index contributed by atoms with van der Waals surface area (Å²) in [4.78, 5) is 0. The van der Waals surface area contributed by atoms with Gasteiger partial charge < -0.3 is 5.32 Å². The van der Waals surface area contributed by atoms with E-state index in [0.717, 1.165) is 19.0 Å². The van der Waals surface area contributed by atoms with Gasteiger partial charge in [0.05, 0.1) is 23.1 Å². The Hall–Kier alpha value is -1.89. The van der Waals surface area contributed by atoms with E-state index in [1.807, 2.05) is 7.05 Å². The van der Waals surface area contributed by atoms with Gasteiger partial charge in [-0.2, -0.15) is 13.2 Å². The van der Waals surface area contributed by atoms with Gasteiger partial charge in [-0.15, -0.1) is 5.10 Å². The lowest BCUT2D eigenvalue weighted by molar-refractivity contribution is -0.137. The fraction of sp³-hybridized carbons (Fsp3) is 0.385. The third kappa shape index (κ3) is 3.16. The van der Waals surface area contributed by atoms with E-state index >= 15 is 0 Å². The standard InChI is InChI=1S/C13H15F3N4/c1-17-8-4-5-10-9-18-19-20(10)12-7-3-2-6-11(12)13(14,15)16/h2-3,6-7,9,17H,4-5,8H2,1H3. The minimum absolute atomic E-state index is 0.0111. The van der Waals surface area contributed by atoms with Gasteiger partial charge in [0.1, 0.15) is 0 Å². The average Bonchev–Trinajstić information content (AvgIpc) is 2.86. The molecule has 4 nitrogen and oxygen atoms in total. The Morgan fingerprint density at radius 3 is 2.70 bits per heavy atom. The third-order valence-corrected chi connectivity index (χ3v) is 2.92. The highest BCUT2D eigenvalue weighted by molar-refractivity contribution is 5.42. The molecular weight excluding hydrogens is 269 g/mol. The molecule has 0 aliphatic rings. The van der Waals surface area contributed by atoms with Crippen molar-refractivity contribution in [3.63, 3.8) is 0 Å². The Morgan fingerprint density at radius 1 is 1.25 bits per heavy atom.